The molecule has 0 atom stereocenters. The maximum atomic E-state index is 6.48. The lowest BCUT2D eigenvalue weighted by Gasteiger charge is -2.31. The molecular weight excluding hydrogens is 653 g/mol. The minimum Gasteiger partial charge on any atom is -0.457 e. The van der Waals surface area contributed by atoms with Gasteiger partial charge in [-0.2, -0.15) is 0 Å². The van der Waals surface area contributed by atoms with Gasteiger partial charge in [-0.15, -0.1) is 0 Å². The van der Waals surface area contributed by atoms with Gasteiger partial charge in [0.05, 0.1) is 15.6 Å². The van der Waals surface area contributed by atoms with Crippen molar-refractivity contribution >= 4 is 43.8 Å². The zero-order valence-electron chi connectivity index (χ0n) is 28.3. The Kier molecular flexibility index (Phi) is 6.46. The molecule has 8 aromatic rings. The summed E-state index contributed by atoms with van der Waals surface area (Å²) in [5.41, 5.74) is 15.5. The second kappa shape index (κ2) is 11.4. The van der Waals surface area contributed by atoms with Crippen molar-refractivity contribution in [3.63, 3.8) is 0 Å². The standard InChI is InChI=1S/C48H32N2OS/c1-9-21-44-31(12-1)13-11-22-45(51-44)32-24-26-33(27-25-32)50(47-49-43-20-8-10-23-46(43)52-47)34-28-29-38-37-16-4-7-19-41(37)48(42(38)30-34)39-17-5-2-14-35(39)36-15-3-6-18-40(36)48/h1-10,12,14-30H,11,13H2. The molecule has 0 radical (unpaired) electrons. The molecule has 3 aliphatic rings. The van der Waals surface area contributed by atoms with Gasteiger partial charge >= 0.3 is 0 Å². The van der Waals surface area contributed by atoms with Gasteiger partial charge in [0.1, 0.15) is 11.5 Å². The largest absolute Gasteiger partial charge is 0.457 e. The second-order valence-corrected chi connectivity index (χ2v) is 14.8. The molecule has 7 aromatic carbocycles. The minimum absolute atomic E-state index is 0.419. The number of fused-ring (bicyclic) bond motifs is 12. The fourth-order valence-electron chi connectivity index (χ4n) is 8.83. The van der Waals surface area contributed by atoms with Crippen LogP contribution in [0.5, 0.6) is 5.75 Å². The van der Waals surface area contributed by atoms with Crippen molar-refractivity contribution in [2.75, 3.05) is 4.90 Å². The van der Waals surface area contributed by atoms with Crippen molar-refractivity contribution < 1.29 is 4.74 Å². The number of aryl methyl sites for hydroxylation is 1. The molecule has 2 aliphatic carbocycles. The molecule has 1 aromatic heterocycles. The molecule has 0 saturated heterocycles. The topological polar surface area (TPSA) is 25.4 Å². The summed E-state index contributed by atoms with van der Waals surface area (Å²) in [5.74, 6) is 1.84. The summed E-state index contributed by atoms with van der Waals surface area (Å²) >= 11 is 1.72. The molecular formula is C48H32N2OS. The average Bonchev–Trinajstić information content (AvgIpc) is 3.79. The Balaban J connectivity index is 1.10. The van der Waals surface area contributed by atoms with Crippen LogP contribution < -0.4 is 9.64 Å². The number of hydrogen-bond acceptors (Lipinski definition) is 4. The van der Waals surface area contributed by atoms with Crippen molar-refractivity contribution in [2.45, 2.75) is 18.3 Å². The zero-order valence-corrected chi connectivity index (χ0v) is 29.1. The van der Waals surface area contributed by atoms with Crippen molar-refractivity contribution in [1.82, 2.24) is 4.98 Å². The number of allylic oxidation sites excluding steroid dienone is 1. The molecule has 11 rings (SSSR count). The highest BCUT2D eigenvalue weighted by Crippen LogP contribution is 2.63. The van der Waals surface area contributed by atoms with E-state index in [-0.39, 0.29) is 0 Å². The predicted octanol–water partition coefficient (Wildman–Crippen LogP) is 12.5. The van der Waals surface area contributed by atoms with E-state index in [2.05, 4.69) is 169 Å². The normalized spacial score (nSPS) is 14.4. The third-order valence-corrected chi connectivity index (χ3v) is 12.1. The first-order chi connectivity index (χ1) is 25.8. The summed E-state index contributed by atoms with van der Waals surface area (Å²) in [7, 11) is 0. The Morgan fingerprint density at radius 2 is 1.15 bits per heavy atom. The van der Waals surface area contributed by atoms with Gasteiger partial charge < -0.3 is 4.74 Å². The predicted molar refractivity (Wildman–Crippen MR) is 214 cm³/mol. The van der Waals surface area contributed by atoms with E-state index < -0.39 is 5.41 Å². The Morgan fingerprint density at radius 1 is 0.558 bits per heavy atom. The summed E-state index contributed by atoms with van der Waals surface area (Å²) in [5, 5.41) is 0.935. The molecule has 0 N–H and O–H groups in total. The molecule has 4 heteroatoms. The summed E-state index contributed by atoms with van der Waals surface area (Å²) in [6.45, 7) is 0. The van der Waals surface area contributed by atoms with E-state index in [0.29, 0.717) is 0 Å². The average molecular weight is 685 g/mol. The van der Waals surface area contributed by atoms with Gasteiger partial charge in [-0.05, 0) is 124 Å². The van der Waals surface area contributed by atoms with E-state index in [0.717, 1.165) is 51.9 Å². The van der Waals surface area contributed by atoms with Gasteiger partial charge in [0.15, 0.2) is 5.13 Å². The quantitative estimate of drug-likeness (QED) is 0.184. The third kappa shape index (κ3) is 4.22. The van der Waals surface area contributed by atoms with Gasteiger partial charge in [0.25, 0.3) is 0 Å². The van der Waals surface area contributed by atoms with Crippen LogP contribution in [-0.4, -0.2) is 4.98 Å². The van der Waals surface area contributed by atoms with E-state index in [1.165, 1.54) is 54.8 Å². The number of anilines is 3. The lowest BCUT2D eigenvalue weighted by atomic mass is 9.70. The summed E-state index contributed by atoms with van der Waals surface area (Å²) in [6, 6.07) is 59.5. The van der Waals surface area contributed by atoms with E-state index in [1.807, 2.05) is 6.07 Å². The minimum atomic E-state index is -0.419. The number of thiazole rings is 1. The van der Waals surface area contributed by atoms with Crippen LogP contribution in [0.4, 0.5) is 16.5 Å². The Morgan fingerprint density at radius 3 is 1.87 bits per heavy atom. The fourth-order valence-corrected chi connectivity index (χ4v) is 9.84. The van der Waals surface area contributed by atoms with Gasteiger partial charge in [-0.25, -0.2) is 4.98 Å². The van der Waals surface area contributed by atoms with Gasteiger partial charge in [-0.1, -0.05) is 121 Å². The molecule has 52 heavy (non-hydrogen) atoms. The SMILES string of the molecule is C1=C(c2ccc(N(c3ccc4c(c3)C3(c5ccccc5-c5ccccc53)c3ccccc3-4)c3nc4ccccc4s3)cc2)Oc2ccccc2CC1. The smallest absolute Gasteiger partial charge is 0.195 e. The number of ether oxygens (including phenoxy) is 1. The van der Waals surface area contributed by atoms with Crippen LogP contribution in [0, 0.1) is 0 Å². The number of para-hydroxylation sites is 2. The summed E-state index contributed by atoms with van der Waals surface area (Å²) in [6.07, 6.45) is 4.13. The van der Waals surface area contributed by atoms with Crippen molar-refractivity contribution in [3.05, 3.63) is 203 Å². The van der Waals surface area contributed by atoms with E-state index >= 15 is 0 Å². The van der Waals surface area contributed by atoms with Gasteiger partial charge in [0, 0.05) is 16.9 Å². The Hall–Kier alpha value is -6.23. The number of rotatable bonds is 4. The number of nitrogens with zero attached hydrogens (tertiary/aromatic N) is 2. The third-order valence-electron chi connectivity index (χ3n) is 11.1. The molecule has 1 spiro atoms. The fraction of sp³-hybridized carbons (Fsp3) is 0.0625. The van der Waals surface area contributed by atoms with E-state index in [4.69, 9.17) is 9.72 Å². The van der Waals surface area contributed by atoms with Crippen LogP contribution in [0.1, 0.15) is 39.8 Å². The van der Waals surface area contributed by atoms with Crippen LogP contribution in [0.2, 0.25) is 0 Å². The number of hydrogen-bond donors (Lipinski definition) is 0. The zero-order chi connectivity index (χ0) is 34.2. The Bertz CT molecular complexity index is 2640. The first-order valence-corrected chi connectivity index (χ1v) is 18.7. The first-order valence-electron chi connectivity index (χ1n) is 17.9. The van der Waals surface area contributed by atoms with Crippen molar-refractivity contribution in [3.8, 4) is 28.0 Å². The van der Waals surface area contributed by atoms with E-state index in [9.17, 15) is 0 Å². The van der Waals surface area contributed by atoms with Crippen LogP contribution >= 0.6 is 11.3 Å². The maximum Gasteiger partial charge on any atom is 0.195 e. The lowest BCUT2D eigenvalue weighted by Crippen LogP contribution is -2.26. The molecule has 0 amide bonds. The van der Waals surface area contributed by atoms with Crippen LogP contribution in [0.15, 0.2) is 170 Å². The van der Waals surface area contributed by atoms with Crippen LogP contribution in [0.3, 0.4) is 0 Å². The molecule has 0 saturated carbocycles. The first kappa shape index (κ1) is 29.5. The molecule has 0 fully saturated rings. The van der Waals surface area contributed by atoms with Crippen LogP contribution in [-0.2, 0) is 11.8 Å². The molecule has 0 bridgehead atoms. The second-order valence-electron chi connectivity index (χ2n) is 13.8. The van der Waals surface area contributed by atoms with Gasteiger partial charge in [-0.3, -0.25) is 4.90 Å². The molecule has 246 valence electrons. The van der Waals surface area contributed by atoms with E-state index in [1.54, 1.807) is 11.3 Å². The van der Waals surface area contributed by atoms with Crippen LogP contribution in [0.25, 0.3) is 38.2 Å². The molecule has 3 nitrogen and oxygen atoms in total. The molecule has 1 aliphatic heterocycles. The lowest BCUT2D eigenvalue weighted by molar-refractivity contribution is 0.512. The maximum absolute atomic E-state index is 6.48. The monoisotopic (exact) mass is 684 g/mol. The Labute approximate surface area is 306 Å². The molecule has 0 unspecified atom stereocenters. The van der Waals surface area contributed by atoms with Crippen molar-refractivity contribution in [2.24, 2.45) is 0 Å². The highest BCUT2D eigenvalue weighted by Gasteiger charge is 2.51. The highest BCUT2D eigenvalue weighted by molar-refractivity contribution is 7.22. The molecule has 2 heterocycles. The van der Waals surface area contributed by atoms with Gasteiger partial charge in [0.2, 0.25) is 0 Å². The summed E-state index contributed by atoms with van der Waals surface area (Å²) in [4.78, 5) is 7.55. The highest BCUT2D eigenvalue weighted by atomic mass is 32.1. The number of benzene rings is 7. The summed E-state index contributed by atoms with van der Waals surface area (Å²) < 4.78 is 7.65. The van der Waals surface area contributed by atoms with Crippen molar-refractivity contribution in [1.29, 1.82) is 0 Å². The number of aromatic nitrogens is 1.